The minimum absolute atomic E-state index is 0. The third-order valence-electron chi connectivity index (χ3n) is 5.47. The fraction of sp³-hybridized carbons (Fsp3) is 0.941. The van der Waals surface area contributed by atoms with Crippen LogP contribution in [0.2, 0.25) is 0 Å². The molecule has 2 fully saturated rings. The summed E-state index contributed by atoms with van der Waals surface area (Å²) in [4.78, 5) is 14.8. The van der Waals surface area contributed by atoms with Crippen molar-refractivity contribution in [3.63, 3.8) is 0 Å². The third-order valence-corrected chi connectivity index (χ3v) is 5.47. The molecule has 0 aromatic rings. The molecule has 0 spiro atoms. The topological polar surface area (TPSA) is 67.6 Å². The Balaban J connectivity index is 0.00000264. The van der Waals surface area contributed by atoms with E-state index in [4.69, 9.17) is 10.5 Å². The van der Waals surface area contributed by atoms with Crippen molar-refractivity contribution >= 4 is 30.7 Å². The number of ether oxygens (including phenoxy) is 1. The highest BCUT2D eigenvalue weighted by Crippen LogP contribution is 2.38. The van der Waals surface area contributed by atoms with E-state index in [1.165, 1.54) is 19.3 Å². The standard InChI is InChI=1S/C17H33N3O2.2ClH/c1-16(2,20-8-10-22-11-9-20)14-19-15(21)12-17(13-18)6-4-3-5-7-17;;/h3-14,18H2,1-2H3,(H,19,21);2*1H. The largest absolute Gasteiger partial charge is 0.379 e. The lowest BCUT2D eigenvalue weighted by Crippen LogP contribution is -2.55. The van der Waals surface area contributed by atoms with Gasteiger partial charge in [0.1, 0.15) is 0 Å². The van der Waals surface area contributed by atoms with E-state index in [1.807, 2.05) is 0 Å². The van der Waals surface area contributed by atoms with Crippen LogP contribution in [0.25, 0.3) is 0 Å². The van der Waals surface area contributed by atoms with E-state index < -0.39 is 0 Å². The predicted octanol–water partition coefficient (Wildman–Crippen LogP) is 2.36. The normalized spacial score (nSPS) is 21.3. The number of hydrogen-bond donors (Lipinski definition) is 2. The van der Waals surface area contributed by atoms with Crippen molar-refractivity contribution in [1.82, 2.24) is 10.2 Å². The van der Waals surface area contributed by atoms with Crippen LogP contribution in [0, 0.1) is 5.41 Å². The average molecular weight is 384 g/mol. The molecule has 5 nitrogen and oxygen atoms in total. The number of nitrogens with zero attached hydrogens (tertiary/aromatic N) is 1. The maximum atomic E-state index is 12.4. The van der Waals surface area contributed by atoms with Crippen molar-refractivity contribution in [2.75, 3.05) is 39.4 Å². The first-order valence-electron chi connectivity index (χ1n) is 8.77. The summed E-state index contributed by atoms with van der Waals surface area (Å²) in [6.07, 6.45) is 6.50. The highest BCUT2D eigenvalue weighted by molar-refractivity contribution is 5.85. The summed E-state index contributed by atoms with van der Waals surface area (Å²) in [6.45, 7) is 9.15. The zero-order valence-electron chi connectivity index (χ0n) is 15.1. The Labute approximate surface area is 159 Å². The molecule has 1 aliphatic heterocycles. The summed E-state index contributed by atoms with van der Waals surface area (Å²) in [6, 6.07) is 0. The number of carbonyl (C=O) groups excluding carboxylic acids is 1. The van der Waals surface area contributed by atoms with Crippen LogP contribution in [0.3, 0.4) is 0 Å². The minimum Gasteiger partial charge on any atom is -0.379 e. The molecule has 2 rings (SSSR count). The van der Waals surface area contributed by atoms with Crippen LogP contribution < -0.4 is 11.1 Å². The molecule has 24 heavy (non-hydrogen) atoms. The Kier molecular flexibility index (Phi) is 10.8. The summed E-state index contributed by atoms with van der Waals surface area (Å²) in [5.74, 6) is 0.161. The van der Waals surface area contributed by atoms with Gasteiger partial charge in [-0.25, -0.2) is 0 Å². The number of amides is 1. The monoisotopic (exact) mass is 383 g/mol. The molecule has 0 aromatic heterocycles. The Hall–Kier alpha value is -0.0700. The molecular formula is C17H35Cl2N3O2. The molecule has 1 heterocycles. The zero-order valence-corrected chi connectivity index (χ0v) is 16.8. The van der Waals surface area contributed by atoms with Crippen molar-refractivity contribution in [2.24, 2.45) is 11.1 Å². The Morgan fingerprint density at radius 1 is 1.17 bits per heavy atom. The number of hydrogen-bond acceptors (Lipinski definition) is 4. The molecule has 0 aromatic carbocycles. The lowest BCUT2D eigenvalue weighted by molar-refractivity contribution is -0.124. The van der Waals surface area contributed by atoms with Gasteiger partial charge in [0, 0.05) is 31.6 Å². The minimum atomic E-state index is -0.0259. The van der Waals surface area contributed by atoms with Gasteiger partial charge in [0.15, 0.2) is 0 Å². The van der Waals surface area contributed by atoms with Crippen LogP contribution in [-0.4, -0.2) is 55.7 Å². The fourth-order valence-corrected chi connectivity index (χ4v) is 3.75. The van der Waals surface area contributed by atoms with Crippen LogP contribution in [-0.2, 0) is 9.53 Å². The van der Waals surface area contributed by atoms with E-state index in [1.54, 1.807) is 0 Å². The van der Waals surface area contributed by atoms with Crippen molar-refractivity contribution in [3.05, 3.63) is 0 Å². The van der Waals surface area contributed by atoms with Crippen LogP contribution in [0.4, 0.5) is 0 Å². The molecule has 1 aliphatic carbocycles. The van der Waals surface area contributed by atoms with E-state index in [2.05, 4.69) is 24.1 Å². The van der Waals surface area contributed by atoms with E-state index in [-0.39, 0.29) is 41.7 Å². The molecule has 3 N–H and O–H groups in total. The lowest BCUT2D eigenvalue weighted by atomic mass is 9.71. The van der Waals surface area contributed by atoms with Crippen molar-refractivity contribution in [2.45, 2.75) is 57.9 Å². The number of rotatable bonds is 6. The summed E-state index contributed by atoms with van der Waals surface area (Å²) < 4.78 is 5.41. The fourth-order valence-electron chi connectivity index (χ4n) is 3.75. The Morgan fingerprint density at radius 3 is 2.29 bits per heavy atom. The summed E-state index contributed by atoms with van der Waals surface area (Å²) >= 11 is 0. The van der Waals surface area contributed by atoms with Gasteiger partial charge in [-0.2, -0.15) is 0 Å². The Bertz CT molecular complexity index is 369. The smallest absolute Gasteiger partial charge is 0.220 e. The highest BCUT2D eigenvalue weighted by Gasteiger charge is 2.34. The predicted molar refractivity (Wildman–Crippen MR) is 103 cm³/mol. The lowest BCUT2D eigenvalue weighted by Gasteiger charge is -2.41. The molecule has 2 aliphatic rings. The van der Waals surface area contributed by atoms with Crippen LogP contribution >= 0.6 is 24.8 Å². The summed E-state index contributed by atoms with van der Waals surface area (Å²) in [7, 11) is 0. The van der Waals surface area contributed by atoms with Gasteiger partial charge in [-0.3, -0.25) is 9.69 Å². The molecule has 144 valence electrons. The van der Waals surface area contributed by atoms with Gasteiger partial charge in [0.05, 0.1) is 13.2 Å². The molecule has 0 atom stereocenters. The first kappa shape index (κ1) is 23.9. The molecule has 0 radical (unpaired) electrons. The second-order valence-corrected chi connectivity index (χ2v) is 7.63. The van der Waals surface area contributed by atoms with Gasteiger partial charge in [-0.15, -0.1) is 24.8 Å². The summed E-state index contributed by atoms with van der Waals surface area (Å²) in [5, 5.41) is 3.15. The van der Waals surface area contributed by atoms with Crippen LogP contribution in [0.15, 0.2) is 0 Å². The van der Waals surface area contributed by atoms with Gasteiger partial charge in [-0.1, -0.05) is 19.3 Å². The first-order valence-corrected chi connectivity index (χ1v) is 8.77. The van der Waals surface area contributed by atoms with E-state index in [9.17, 15) is 4.79 Å². The van der Waals surface area contributed by atoms with Gasteiger partial charge >= 0.3 is 0 Å². The van der Waals surface area contributed by atoms with E-state index in [0.717, 1.165) is 39.1 Å². The molecule has 0 unspecified atom stereocenters. The first-order chi connectivity index (χ1) is 10.5. The second-order valence-electron chi connectivity index (χ2n) is 7.63. The molecule has 1 amide bonds. The molecule has 1 saturated heterocycles. The van der Waals surface area contributed by atoms with Crippen molar-refractivity contribution in [3.8, 4) is 0 Å². The van der Waals surface area contributed by atoms with Gasteiger partial charge in [0.2, 0.25) is 5.91 Å². The van der Waals surface area contributed by atoms with Gasteiger partial charge in [-0.05, 0) is 38.6 Å². The molecular weight excluding hydrogens is 349 g/mol. The van der Waals surface area contributed by atoms with Crippen LogP contribution in [0.5, 0.6) is 0 Å². The molecule has 7 heteroatoms. The molecule has 0 bridgehead atoms. The quantitative estimate of drug-likeness (QED) is 0.738. The van der Waals surface area contributed by atoms with E-state index >= 15 is 0 Å². The maximum Gasteiger partial charge on any atom is 0.220 e. The number of halogens is 2. The number of morpholine rings is 1. The second kappa shape index (κ2) is 10.8. The average Bonchev–Trinajstić information content (AvgIpc) is 2.55. The third kappa shape index (κ3) is 6.68. The SMILES string of the molecule is CC(C)(CNC(=O)CC1(CN)CCCCC1)N1CCOCC1.Cl.Cl. The number of carbonyl (C=O) groups is 1. The summed E-state index contributed by atoms with van der Waals surface area (Å²) in [5.41, 5.74) is 6.00. The van der Waals surface area contributed by atoms with Gasteiger partial charge in [0.25, 0.3) is 0 Å². The van der Waals surface area contributed by atoms with E-state index in [0.29, 0.717) is 19.5 Å². The van der Waals surface area contributed by atoms with Crippen molar-refractivity contribution < 1.29 is 9.53 Å². The Morgan fingerprint density at radius 2 is 1.75 bits per heavy atom. The number of nitrogens with two attached hydrogens (primary N) is 1. The maximum absolute atomic E-state index is 12.4. The van der Waals surface area contributed by atoms with Gasteiger partial charge < -0.3 is 15.8 Å². The zero-order chi connectivity index (χ0) is 16.1. The highest BCUT2D eigenvalue weighted by atomic mass is 35.5. The van der Waals surface area contributed by atoms with Crippen LogP contribution in [0.1, 0.15) is 52.4 Å². The molecule has 1 saturated carbocycles. The number of nitrogens with one attached hydrogen (secondary N) is 1. The van der Waals surface area contributed by atoms with Crippen molar-refractivity contribution in [1.29, 1.82) is 0 Å².